The summed E-state index contributed by atoms with van der Waals surface area (Å²) < 4.78 is 0. The fourth-order valence-corrected chi connectivity index (χ4v) is 9.25. The Labute approximate surface area is 381 Å². The Hall–Kier alpha value is -8.52. The average Bonchev–Trinajstić information content (AvgIpc) is 3.38. The highest BCUT2D eigenvalue weighted by Crippen LogP contribution is 2.44. The zero-order chi connectivity index (χ0) is 43.7. The zero-order valence-corrected chi connectivity index (χ0v) is 36.0. The maximum atomic E-state index is 4.17. The molecule has 0 aliphatic carbocycles. The van der Waals surface area contributed by atoms with Crippen LogP contribution in [0.5, 0.6) is 0 Å². The van der Waals surface area contributed by atoms with E-state index in [2.05, 4.69) is 255 Å². The molecule has 65 heavy (non-hydrogen) atoms. The summed E-state index contributed by atoms with van der Waals surface area (Å²) in [4.78, 5) is 2.43. The van der Waals surface area contributed by atoms with Crippen molar-refractivity contribution < 1.29 is 0 Å². The van der Waals surface area contributed by atoms with E-state index in [0.29, 0.717) is 0 Å². The molecule has 0 radical (unpaired) electrons. The van der Waals surface area contributed by atoms with Crippen molar-refractivity contribution >= 4 is 61.5 Å². The molecule has 0 saturated heterocycles. The Bertz CT molecular complexity index is 3480. The van der Waals surface area contributed by atoms with Gasteiger partial charge in [0.15, 0.2) is 0 Å². The van der Waals surface area contributed by atoms with Crippen LogP contribution in [0.25, 0.3) is 100 Å². The fourth-order valence-electron chi connectivity index (χ4n) is 9.25. The van der Waals surface area contributed by atoms with Crippen LogP contribution in [0.4, 0.5) is 17.1 Å². The normalized spacial score (nSPS) is 11.2. The molecule has 0 aliphatic rings. The van der Waals surface area contributed by atoms with Gasteiger partial charge < -0.3 is 4.90 Å². The highest BCUT2D eigenvalue weighted by atomic mass is 15.1. The molecule has 0 fully saturated rings. The molecular weight excluding hydrogens is 783 g/mol. The summed E-state index contributed by atoms with van der Waals surface area (Å²) in [6.07, 6.45) is 3.82. The van der Waals surface area contributed by atoms with E-state index < -0.39 is 0 Å². The van der Waals surface area contributed by atoms with Gasteiger partial charge in [-0.3, -0.25) is 0 Å². The maximum absolute atomic E-state index is 4.17. The Morgan fingerprint density at radius 1 is 0.231 bits per heavy atom. The van der Waals surface area contributed by atoms with Crippen molar-refractivity contribution in [2.45, 2.75) is 0 Å². The van der Waals surface area contributed by atoms with Crippen LogP contribution in [0, 0.1) is 0 Å². The van der Waals surface area contributed by atoms with E-state index in [-0.39, 0.29) is 0 Å². The van der Waals surface area contributed by atoms with Crippen molar-refractivity contribution in [3.63, 3.8) is 0 Å². The molecule has 11 aromatic rings. The molecule has 0 amide bonds. The molecule has 0 spiro atoms. The first-order chi connectivity index (χ1) is 32.1. The lowest BCUT2D eigenvalue weighted by atomic mass is 9.93. The van der Waals surface area contributed by atoms with Gasteiger partial charge in [0.05, 0.1) is 0 Å². The second-order valence-electron chi connectivity index (χ2n) is 16.7. The van der Waals surface area contributed by atoms with E-state index in [1.807, 2.05) is 12.2 Å². The Morgan fingerprint density at radius 3 is 1.02 bits per heavy atom. The molecule has 306 valence electrons. The van der Waals surface area contributed by atoms with Crippen LogP contribution >= 0.6 is 0 Å². The molecule has 0 unspecified atom stereocenters. The zero-order valence-electron chi connectivity index (χ0n) is 36.0. The molecule has 0 aromatic heterocycles. The fraction of sp³-hybridized carbons (Fsp3) is 0. The minimum atomic E-state index is 1.05. The maximum Gasteiger partial charge on any atom is 0.0473 e. The van der Waals surface area contributed by atoms with Gasteiger partial charge in [-0.15, -0.1) is 0 Å². The van der Waals surface area contributed by atoms with Crippen LogP contribution in [0.2, 0.25) is 0 Å². The van der Waals surface area contributed by atoms with Gasteiger partial charge in [0.2, 0.25) is 0 Å². The topological polar surface area (TPSA) is 3.24 Å². The van der Waals surface area contributed by atoms with Gasteiger partial charge in [-0.1, -0.05) is 189 Å². The lowest BCUT2D eigenvalue weighted by molar-refractivity contribution is 1.28. The summed E-state index contributed by atoms with van der Waals surface area (Å²) >= 11 is 0. The van der Waals surface area contributed by atoms with Crippen LogP contribution < -0.4 is 4.90 Å². The first-order valence-corrected chi connectivity index (χ1v) is 22.2. The molecule has 0 heterocycles. The van der Waals surface area contributed by atoms with E-state index in [0.717, 1.165) is 72.7 Å². The summed E-state index contributed by atoms with van der Waals surface area (Å²) in [5.41, 5.74) is 16.7. The third-order valence-electron chi connectivity index (χ3n) is 12.7. The SMILES string of the molecule is C=Cc1ccc(-c2cc(-c3ccc4ccccc4c3)cc(N(c3ccc(-c4ccccc4)cc3)c3cc(-c4ccc5ccccc5c4)cc(-c4ccc5ccccc5c4)c3)c2)cc1C=C. The number of hydrogen-bond donors (Lipinski definition) is 0. The lowest BCUT2D eigenvalue weighted by Crippen LogP contribution is -2.11. The molecule has 0 N–H and O–H groups in total. The van der Waals surface area contributed by atoms with Crippen LogP contribution in [-0.4, -0.2) is 0 Å². The second-order valence-corrected chi connectivity index (χ2v) is 16.7. The van der Waals surface area contributed by atoms with Crippen LogP contribution in [0.15, 0.2) is 250 Å². The molecule has 0 atom stereocenters. The van der Waals surface area contributed by atoms with E-state index in [4.69, 9.17) is 0 Å². The summed E-state index contributed by atoms with van der Waals surface area (Å²) in [5.74, 6) is 0. The highest BCUT2D eigenvalue weighted by Gasteiger charge is 2.19. The standard InChI is InChI=1S/C64H45N/c1-3-44-22-26-54(34-45(44)4-2)58-38-59(55-27-23-47-16-8-11-19-51(47)35-55)41-63(40-58)65(62-32-30-50(31-33-62)46-14-6-5-7-15-46)64-42-60(56-28-24-48-17-9-12-20-52(48)36-56)39-61(43-64)57-29-25-49-18-10-13-21-53(49)37-57/h3-43H,1-2H2. The number of benzene rings is 11. The molecule has 0 saturated carbocycles. The molecular formula is C64H45N. The summed E-state index contributed by atoms with van der Waals surface area (Å²) in [7, 11) is 0. The van der Waals surface area contributed by atoms with Gasteiger partial charge >= 0.3 is 0 Å². The minimum Gasteiger partial charge on any atom is -0.310 e. The van der Waals surface area contributed by atoms with E-state index in [1.165, 1.54) is 43.4 Å². The van der Waals surface area contributed by atoms with Crippen LogP contribution in [-0.2, 0) is 0 Å². The van der Waals surface area contributed by atoms with Gasteiger partial charge in [-0.2, -0.15) is 0 Å². The van der Waals surface area contributed by atoms with Crippen molar-refractivity contribution in [3.8, 4) is 55.6 Å². The van der Waals surface area contributed by atoms with Gasteiger partial charge in [0.1, 0.15) is 0 Å². The van der Waals surface area contributed by atoms with Crippen molar-refractivity contribution in [2.75, 3.05) is 4.90 Å². The van der Waals surface area contributed by atoms with Gasteiger partial charge in [-0.05, 0) is 172 Å². The second kappa shape index (κ2) is 17.0. The number of fused-ring (bicyclic) bond motifs is 3. The number of nitrogens with zero attached hydrogens (tertiary/aromatic N) is 1. The van der Waals surface area contributed by atoms with Crippen LogP contribution in [0.1, 0.15) is 11.1 Å². The Morgan fingerprint density at radius 2 is 0.585 bits per heavy atom. The molecule has 1 nitrogen and oxygen atoms in total. The third-order valence-corrected chi connectivity index (χ3v) is 12.7. The largest absolute Gasteiger partial charge is 0.310 e. The molecule has 11 aromatic carbocycles. The molecule has 0 aliphatic heterocycles. The van der Waals surface area contributed by atoms with Crippen molar-refractivity contribution in [3.05, 3.63) is 261 Å². The monoisotopic (exact) mass is 827 g/mol. The van der Waals surface area contributed by atoms with E-state index in [1.54, 1.807) is 0 Å². The van der Waals surface area contributed by atoms with E-state index in [9.17, 15) is 0 Å². The molecule has 1 heteroatoms. The van der Waals surface area contributed by atoms with Crippen LogP contribution in [0.3, 0.4) is 0 Å². The van der Waals surface area contributed by atoms with Crippen molar-refractivity contribution in [2.24, 2.45) is 0 Å². The Kier molecular flexibility index (Phi) is 10.3. The first-order valence-electron chi connectivity index (χ1n) is 22.2. The smallest absolute Gasteiger partial charge is 0.0473 e. The third kappa shape index (κ3) is 7.82. The average molecular weight is 828 g/mol. The molecule has 11 rings (SSSR count). The number of rotatable bonds is 10. The van der Waals surface area contributed by atoms with Gasteiger partial charge in [0.25, 0.3) is 0 Å². The van der Waals surface area contributed by atoms with Crippen molar-refractivity contribution in [1.29, 1.82) is 0 Å². The van der Waals surface area contributed by atoms with Crippen molar-refractivity contribution in [1.82, 2.24) is 0 Å². The lowest BCUT2D eigenvalue weighted by Gasteiger charge is -2.28. The van der Waals surface area contributed by atoms with Gasteiger partial charge in [-0.25, -0.2) is 0 Å². The summed E-state index contributed by atoms with van der Waals surface area (Å²) in [6, 6.07) is 86.5. The first kappa shape index (κ1) is 39.3. The minimum absolute atomic E-state index is 1.05. The van der Waals surface area contributed by atoms with E-state index >= 15 is 0 Å². The predicted molar refractivity (Wildman–Crippen MR) is 281 cm³/mol. The van der Waals surface area contributed by atoms with Gasteiger partial charge in [0, 0.05) is 17.1 Å². The highest BCUT2D eigenvalue weighted by molar-refractivity contribution is 5.95. The Balaban J connectivity index is 1.18. The summed E-state index contributed by atoms with van der Waals surface area (Å²) in [6.45, 7) is 8.25. The summed E-state index contributed by atoms with van der Waals surface area (Å²) in [5, 5.41) is 7.30. The predicted octanol–water partition coefficient (Wildman–Crippen LogP) is 18.2. The quantitative estimate of drug-likeness (QED) is 0.133. The molecule has 0 bridgehead atoms. The number of anilines is 3. The number of hydrogen-bond acceptors (Lipinski definition) is 1.